The summed E-state index contributed by atoms with van der Waals surface area (Å²) < 4.78 is 4.59. The van der Waals surface area contributed by atoms with Gasteiger partial charge in [-0.2, -0.15) is 0 Å². The SMILES string of the molecule is Clc1nnc(Cn2cnc(I)c2I)s1. The van der Waals surface area contributed by atoms with Crippen molar-refractivity contribution >= 4 is 68.1 Å². The van der Waals surface area contributed by atoms with Crippen LogP contribution in [0, 0.1) is 7.40 Å². The molecule has 0 aliphatic carbocycles. The van der Waals surface area contributed by atoms with E-state index in [0.29, 0.717) is 11.0 Å². The van der Waals surface area contributed by atoms with Crippen LogP contribution in [0.15, 0.2) is 6.33 Å². The number of rotatable bonds is 2. The van der Waals surface area contributed by atoms with E-state index in [4.69, 9.17) is 11.6 Å². The van der Waals surface area contributed by atoms with Crippen molar-refractivity contribution in [2.24, 2.45) is 0 Å². The summed E-state index contributed by atoms with van der Waals surface area (Å²) >= 11 is 11.5. The fraction of sp³-hybridized carbons (Fsp3) is 0.167. The minimum absolute atomic E-state index is 0.477. The molecule has 0 radical (unpaired) electrons. The van der Waals surface area contributed by atoms with Gasteiger partial charge in [0, 0.05) is 0 Å². The maximum Gasteiger partial charge on any atom is 0.207 e. The van der Waals surface area contributed by atoms with Crippen LogP contribution < -0.4 is 0 Å². The Hall–Kier alpha value is 0.520. The zero-order valence-corrected chi connectivity index (χ0v) is 12.5. The molecule has 8 heteroatoms. The first-order valence-corrected chi connectivity index (χ1v) is 6.86. The molecule has 0 saturated carbocycles. The van der Waals surface area contributed by atoms with Crippen LogP contribution in [-0.2, 0) is 6.54 Å². The highest BCUT2D eigenvalue weighted by Crippen LogP contribution is 2.18. The third kappa shape index (κ3) is 2.36. The third-order valence-corrected chi connectivity index (χ3v) is 5.44. The molecule has 2 heterocycles. The zero-order valence-electron chi connectivity index (χ0n) is 6.62. The summed E-state index contributed by atoms with van der Waals surface area (Å²) in [4.78, 5) is 4.18. The van der Waals surface area contributed by atoms with Crippen molar-refractivity contribution < 1.29 is 0 Å². The maximum absolute atomic E-state index is 5.69. The Morgan fingerprint density at radius 2 is 2.21 bits per heavy atom. The Bertz CT molecular complexity index is 454. The summed E-state index contributed by atoms with van der Waals surface area (Å²) in [5, 5.41) is 8.58. The number of hydrogen-bond donors (Lipinski definition) is 0. The molecule has 0 aromatic carbocycles. The molecule has 0 amide bonds. The standard InChI is InChI=1S/C6H3ClI2N4S/c7-6-12-11-3(14-6)1-13-2-10-4(8)5(13)9/h2H,1H2. The van der Waals surface area contributed by atoms with E-state index >= 15 is 0 Å². The van der Waals surface area contributed by atoms with Gasteiger partial charge in [-0.3, -0.25) is 0 Å². The first-order valence-electron chi connectivity index (χ1n) is 3.51. The minimum atomic E-state index is 0.477. The van der Waals surface area contributed by atoms with E-state index in [-0.39, 0.29) is 0 Å². The van der Waals surface area contributed by atoms with Crippen LogP contribution in [0.25, 0.3) is 0 Å². The Balaban J connectivity index is 2.22. The first kappa shape index (κ1) is 11.0. The lowest BCUT2D eigenvalue weighted by Gasteiger charge is -1.98. The summed E-state index contributed by atoms with van der Waals surface area (Å²) in [7, 11) is 0. The number of hydrogen-bond acceptors (Lipinski definition) is 4. The van der Waals surface area contributed by atoms with Gasteiger partial charge in [-0.05, 0) is 56.8 Å². The molecule has 0 bridgehead atoms. The van der Waals surface area contributed by atoms with Crippen molar-refractivity contribution in [1.29, 1.82) is 0 Å². The number of halogens is 3. The number of imidazole rings is 1. The molecule has 2 rings (SSSR count). The lowest BCUT2D eigenvalue weighted by molar-refractivity contribution is 0.759. The first-order chi connectivity index (χ1) is 6.66. The van der Waals surface area contributed by atoms with E-state index in [9.17, 15) is 0 Å². The molecule has 2 aromatic rings. The van der Waals surface area contributed by atoms with Crippen LogP contribution in [0.4, 0.5) is 0 Å². The van der Waals surface area contributed by atoms with Gasteiger partial charge in [0.05, 0.1) is 12.9 Å². The molecular weight excluding hydrogens is 449 g/mol. The van der Waals surface area contributed by atoms with Crippen LogP contribution in [0.1, 0.15) is 5.01 Å². The summed E-state index contributed by atoms with van der Waals surface area (Å²) in [5.74, 6) is 0. The van der Waals surface area contributed by atoms with Gasteiger partial charge in [-0.25, -0.2) is 4.98 Å². The van der Waals surface area contributed by atoms with Crippen molar-refractivity contribution in [2.75, 3.05) is 0 Å². The Labute approximate surface area is 116 Å². The van der Waals surface area contributed by atoms with E-state index in [2.05, 4.69) is 60.4 Å². The Morgan fingerprint density at radius 1 is 1.43 bits per heavy atom. The molecule has 0 aliphatic rings. The second kappa shape index (κ2) is 4.58. The fourth-order valence-electron chi connectivity index (χ4n) is 0.896. The smallest absolute Gasteiger partial charge is 0.207 e. The molecule has 0 spiro atoms. The summed E-state index contributed by atoms with van der Waals surface area (Å²) in [6, 6.07) is 0. The van der Waals surface area contributed by atoms with E-state index in [1.165, 1.54) is 11.3 Å². The molecule has 0 saturated heterocycles. The minimum Gasteiger partial charge on any atom is -0.318 e. The average molecular weight is 452 g/mol. The molecular formula is C6H3ClI2N4S. The van der Waals surface area contributed by atoms with Crippen LogP contribution >= 0.6 is 68.1 Å². The number of nitrogens with zero attached hydrogens (tertiary/aromatic N) is 4. The summed E-state index contributed by atoms with van der Waals surface area (Å²) in [5.41, 5.74) is 0. The van der Waals surface area contributed by atoms with Crippen molar-refractivity contribution in [3.05, 3.63) is 23.2 Å². The van der Waals surface area contributed by atoms with Gasteiger partial charge < -0.3 is 4.57 Å². The maximum atomic E-state index is 5.69. The van der Waals surface area contributed by atoms with Crippen LogP contribution in [0.2, 0.25) is 4.47 Å². The predicted molar refractivity (Wildman–Crippen MR) is 71.7 cm³/mol. The van der Waals surface area contributed by atoms with Crippen molar-refractivity contribution in [1.82, 2.24) is 19.7 Å². The highest BCUT2D eigenvalue weighted by molar-refractivity contribution is 14.1. The van der Waals surface area contributed by atoms with Gasteiger partial charge in [-0.1, -0.05) is 11.3 Å². The van der Waals surface area contributed by atoms with Crippen molar-refractivity contribution in [3.63, 3.8) is 0 Å². The molecule has 4 nitrogen and oxygen atoms in total. The second-order valence-electron chi connectivity index (χ2n) is 2.40. The predicted octanol–water partition coefficient (Wildman–Crippen LogP) is 2.65. The largest absolute Gasteiger partial charge is 0.318 e. The van der Waals surface area contributed by atoms with Crippen molar-refractivity contribution in [3.8, 4) is 0 Å². The van der Waals surface area contributed by atoms with Gasteiger partial charge in [-0.15, -0.1) is 10.2 Å². The lowest BCUT2D eigenvalue weighted by atomic mass is 10.6. The van der Waals surface area contributed by atoms with Crippen LogP contribution in [0.3, 0.4) is 0 Å². The average Bonchev–Trinajstić information content (AvgIpc) is 2.67. The van der Waals surface area contributed by atoms with Crippen LogP contribution in [0.5, 0.6) is 0 Å². The van der Waals surface area contributed by atoms with E-state index in [0.717, 1.165) is 12.4 Å². The van der Waals surface area contributed by atoms with Gasteiger partial charge in [0.1, 0.15) is 12.4 Å². The molecule has 0 atom stereocenters. The van der Waals surface area contributed by atoms with E-state index in [1.54, 1.807) is 6.33 Å². The highest BCUT2D eigenvalue weighted by atomic mass is 127. The topological polar surface area (TPSA) is 43.6 Å². The van der Waals surface area contributed by atoms with Gasteiger partial charge in [0.25, 0.3) is 0 Å². The molecule has 0 unspecified atom stereocenters. The second-order valence-corrected chi connectivity index (χ2v) is 6.09. The summed E-state index contributed by atoms with van der Waals surface area (Å²) in [6.45, 7) is 0.679. The lowest BCUT2D eigenvalue weighted by Crippen LogP contribution is -2.00. The molecule has 14 heavy (non-hydrogen) atoms. The van der Waals surface area contributed by atoms with Gasteiger partial charge >= 0.3 is 0 Å². The highest BCUT2D eigenvalue weighted by Gasteiger charge is 2.08. The Morgan fingerprint density at radius 3 is 2.71 bits per heavy atom. The number of aromatic nitrogens is 4. The summed E-state index contributed by atoms with van der Waals surface area (Å²) in [6.07, 6.45) is 1.79. The quantitative estimate of drug-likeness (QED) is 0.659. The van der Waals surface area contributed by atoms with E-state index in [1.807, 2.05) is 4.57 Å². The van der Waals surface area contributed by atoms with Gasteiger partial charge in [0.15, 0.2) is 0 Å². The molecule has 0 aliphatic heterocycles. The third-order valence-electron chi connectivity index (χ3n) is 1.48. The molecule has 2 aromatic heterocycles. The zero-order chi connectivity index (χ0) is 10.1. The van der Waals surface area contributed by atoms with Crippen molar-refractivity contribution in [2.45, 2.75) is 6.54 Å². The normalized spacial score (nSPS) is 10.8. The Kier molecular flexibility index (Phi) is 3.60. The molecule has 0 fully saturated rings. The molecule has 74 valence electrons. The fourth-order valence-corrected chi connectivity index (χ4v) is 2.63. The van der Waals surface area contributed by atoms with Crippen LogP contribution in [-0.4, -0.2) is 19.7 Å². The molecule has 0 N–H and O–H groups in total. The monoisotopic (exact) mass is 452 g/mol. The van der Waals surface area contributed by atoms with E-state index < -0.39 is 0 Å². The van der Waals surface area contributed by atoms with Gasteiger partial charge in [0.2, 0.25) is 4.47 Å².